The van der Waals surface area contributed by atoms with E-state index in [9.17, 15) is 15.2 Å². The molecule has 1 saturated carbocycles. The molecule has 1 aromatic carbocycles. The molecular formula is C16H20N2O2. The molecule has 20 heavy (non-hydrogen) atoms. The molecular weight excluding hydrogens is 252 g/mol. The van der Waals surface area contributed by atoms with Gasteiger partial charge in [0.25, 0.3) is 0 Å². The smallest absolute Gasteiger partial charge is 0.241 e. The van der Waals surface area contributed by atoms with E-state index in [1.165, 1.54) is 0 Å². The maximum Gasteiger partial charge on any atom is 0.241 e. The first-order valence-corrected chi connectivity index (χ1v) is 7.10. The lowest BCUT2D eigenvalue weighted by Crippen LogP contribution is -2.43. The van der Waals surface area contributed by atoms with Gasteiger partial charge in [-0.3, -0.25) is 4.79 Å². The molecule has 0 bridgehead atoms. The SMILES string of the molecule is N#CC1(C(=O)N[C@@H](CO)c2ccccc2)CCCCC1. The summed E-state index contributed by atoms with van der Waals surface area (Å²) in [5.41, 5.74) is -0.0623. The second kappa shape index (κ2) is 6.53. The van der Waals surface area contributed by atoms with Gasteiger partial charge < -0.3 is 10.4 Å². The van der Waals surface area contributed by atoms with Gasteiger partial charge in [0.15, 0.2) is 0 Å². The van der Waals surface area contributed by atoms with Crippen LogP contribution < -0.4 is 5.32 Å². The third-order valence-corrected chi connectivity index (χ3v) is 4.05. The van der Waals surface area contributed by atoms with Crippen LogP contribution in [0, 0.1) is 16.7 Å². The van der Waals surface area contributed by atoms with Crippen molar-refractivity contribution in [2.24, 2.45) is 5.41 Å². The average Bonchev–Trinajstić information content (AvgIpc) is 2.53. The van der Waals surface area contributed by atoms with Crippen molar-refractivity contribution in [3.63, 3.8) is 0 Å². The van der Waals surface area contributed by atoms with E-state index in [1.54, 1.807) is 0 Å². The standard InChI is InChI=1S/C16H20N2O2/c17-12-16(9-5-2-6-10-16)15(20)18-14(11-19)13-7-3-1-4-8-13/h1,3-4,7-8,14,19H,2,5-6,9-11H2,(H,18,20)/t14-/m0/s1. The highest BCUT2D eigenvalue weighted by Crippen LogP contribution is 2.36. The maximum absolute atomic E-state index is 12.4. The van der Waals surface area contributed by atoms with E-state index in [4.69, 9.17) is 0 Å². The molecule has 0 aromatic heterocycles. The molecule has 0 saturated heterocycles. The predicted octanol–water partition coefficient (Wildman–Crippen LogP) is 2.31. The molecule has 0 heterocycles. The molecule has 0 aliphatic heterocycles. The average molecular weight is 272 g/mol. The van der Waals surface area contributed by atoms with Crippen molar-refractivity contribution in [1.82, 2.24) is 5.32 Å². The number of nitrogens with zero attached hydrogens (tertiary/aromatic N) is 1. The Morgan fingerprint density at radius 1 is 1.30 bits per heavy atom. The minimum absolute atomic E-state index is 0.169. The maximum atomic E-state index is 12.4. The summed E-state index contributed by atoms with van der Waals surface area (Å²) in [6.45, 7) is -0.169. The zero-order chi connectivity index (χ0) is 14.4. The molecule has 1 fully saturated rings. The lowest BCUT2D eigenvalue weighted by Gasteiger charge is -2.31. The van der Waals surface area contributed by atoms with Crippen molar-refractivity contribution in [2.45, 2.75) is 38.1 Å². The van der Waals surface area contributed by atoms with E-state index in [0.717, 1.165) is 24.8 Å². The number of amides is 1. The third-order valence-electron chi connectivity index (χ3n) is 4.05. The first kappa shape index (κ1) is 14.5. The van der Waals surface area contributed by atoms with Crippen LogP contribution in [-0.2, 0) is 4.79 Å². The molecule has 0 radical (unpaired) electrons. The number of rotatable bonds is 4. The zero-order valence-electron chi connectivity index (χ0n) is 11.5. The third kappa shape index (κ3) is 3.00. The minimum Gasteiger partial charge on any atom is -0.394 e. The highest BCUT2D eigenvalue weighted by molar-refractivity contribution is 5.85. The topological polar surface area (TPSA) is 73.1 Å². The van der Waals surface area contributed by atoms with Crippen LogP contribution in [0.1, 0.15) is 43.7 Å². The fraction of sp³-hybridized carbons (Fsp3) is 0.500. The second-order valence-corrected chi connectivity index (χ2v) is 5.37. The summed E-state index contributed by atoms with van der Waals surface area (Å²) in [4.78, 5) is 12.4. The molecule has 0 spiro atoms. The van der Waals surface area contributed by atoms with Crippen LogP contribution in [0.5, 0.6) is 0 Å². The minimum atomic E-state index is -0.916. The Kier molecular flexibility index (Phi) is 4.75. The Hall–Kier alpha value is -1.86. The van der Waals surface area contributed by atoms with Crippen LogP contribution in [0.2, 0.25) is 0 Å². The highest BCUT2D eigenvalue weighted by atomic mass is 16.3. The van der Waals surface area contributed by atoms with Crippen LogP contribution in [0.3, 0.4) is 0 Å². The van der Waals surface area contributed by atoms with Gasteiger partial charge in [-0.15, -0.1) is 0 Å². The summed E-state index contributed by atoms with van der Waals surface area (Å²) < 4.78 is 0. The molecule has 106 valence electrons. The van der Waals surface area contributed by atoms with Gasteiger partial charge in [-0.2, -0.15) is 5.26 Å². The van der Waals surface area contributed by atoms with Crippen LogP contribution in [0.4, 0.5) is 0 Å². The number of aliphatic hydroxyl groups excluding tert-OH is 1. The predicted molar refractivity (Wildman–Crippen MR) is 75.5 cm³/mol. The van der Waals surface area contributed by atoms with Crippen molar-refractivity contribution in [1.29, 1.82) is 5.26 Å². The Morgan fingerprint density at radius 3 is 2.50 bits per heavy atom. The molecule has 0 unspecified atom stereocenters. The first-order valence-electron chi connectivity index (χ1n) is 7.10. The van der Waals surface area contributed by atoms with E-state index >= 15 is 0 Å². The second-order valence-electron chi connectivity index (χ2n) is 5.37. The van der Waals surface area contributed by atoms with Gasteiger partial charge in [0.05, 0.1) is 18.7 Å². The van der Waals surface area contributed by atoms with Crippen molar-refractivity contribution < 1.29 is 9.90 Å². The lowest BCUT2D eigenvalue weighted by atomic mass is 9.74. The van der Waals surface area contributed by atoms with E-state index in [1.807, 2.05) is 30.3 Å². The summed E-state index contributed by atoms with van der Waals surface area (Å²) in [6.07, 6.45) is 4.13. The molecule has 2 N–H and O–H groups in total. The molecule has 1 aliphatic rings. The summed E-state index contributed by atoms with van der Waals surface area (Å²) in [5.74, 6) is -0.248. The molecule has 1 aliphatic carbocycles. The number of carbonyl (C=O) groups excluding carboxylic acids is 1. The summed E-state index contributed by atoms with van der Waals surface area (Å²) >= 11 is 0. The summed E-state index contributed by atoms with van der Waals surface area (Å²) in [6, 6.07) is 11.1. The van der Waals surface area contributed by atoms with Crippen LogP contribution in [0.15, 0.2) is 30.3 Å². The number of aliphatic hydroxyl groups is 1. The number of nitrogens with one attached hydrogen (secondary N) is 1. The normalized spacial score (nSPS) is 18.8. The largest absolute Gasteiger partial charge is 0.394 e. The van der Waals surface area contributed by atoms with Crippen molar-refractivity contribution in [2.75, 3.05) is 6.61 Å². The first-order chi connectivity index (χ1) is 9.72. The summed E-state index contributed by atoms with van der Waals surface area (Å²) in [7, 11) is 0. The van der Waals surface area contributed by atoms with E-state index in [0.29, 0.717) is 12.8 Å². The van der Waals surface area contributed by atoms with Gasteiger partial charge in [0, 0.05) is 0 Å². The van der Waals surface area contributed by atoms with Crippen LogP contribution in [0.25, 0.3) is 0 Å². The van der Waals surface area contributed by atoms with Gasteiger partial charge in [0.2, 0.25) is 5.91 Å². The molecule has 1 aromatic rings. The van der Waals surface area contributed by atoms with E-state index in [2.05, 4.69) is 11.4 Å². The van der Waals surface area contributed by atoms with Gasteiger partial charge in [0.1, 0.15) is 5.41 Å². The summed E-state index contributed by atoms with van der Waals surface area (Å²) in [5, 5.41) is 21.7. The number of benzene rings is 1. The molecule has 1 atom stereocenters. The highest BCUT2D eigenvalue weighted by Gasteiger charge is 2.40. The molecule has 4 nitrogen and oxygen atoms in total. The van der Waals surface area contributed by atoms with Crippen molar-refractivity contribution in [3.05, 3.63) is 35.9 Å². The van der Waals surface area contributed by atoms with E-state index in [-0.39, 0.29) is 12.5 Å². The number of hydrogen-bond acceptors (Lipinski definition) is 3. The van der Waals surface area contributed by atoms with Gasteiger partial charge in [-0.05, 0) is 18.4 Å². The fourth-order valence-corrected chi connectivity index (χ4v) is 2.76. The van der Waals surface area contributed by atoms with Gasteiger partial charge in [-0.1, -0.05) is 49.6 Å². The van der Waals surface area contributed by atoms with Gasteiger partial charge >= 0.3 is 0 Å². The van der Waals surface area contributed by atoms with Crippen molar-refractivity contribution in [3.8, 4) is 6.07 Å². The number of nitriles is 1. The monoisotopic (exact) mass is 272 g/mol. The van der Waals surface area contributed by atoms with Gasteiger partial charge in [-0.25, -0.2) is 0 Å². The van der Waals surface area contributed by atoms with Crippen LogP contribution in [-0.4, -0.2) is 17.6 Å². The Balaban J connectivity index is 2.11. The van der Waals surface area contributed by atoms with E-state index < -0.39 is 11.5 Å². The van der Waals surface area contributed by atoms with Crippen LogP contribution >= 0.6 is 0 Å². The molecule has 1 amide bonds. The molecule has 4 heteroatoms. The Morgan fingerprint density at radius 2 is 1.95 bits per heavy atom. The van der Waals surface area contributed by atoms with Crippen molar-refractivity contribution >= 4 is 5.91 Å². The lowest BCUT2D eigenvalue weighted by molar-refractivity contribution is -0.130. The zero-order valence-corrected chi connectivity index (χ0v) is 11.5. The Bertz CT molecular complexity index is 487. The number of hydrogen-bond donors (Lipinski definition) is 2. The quantitative estimate of drug-likeness (QED) is 0.883. The fourth-order valence-electron chi connectivity index (χ4n) is 2.76. The number of carbonyl (C=O) groups is 1. The molecule has 2 rings (SSSR count). The Labute approximate surface area is 119 Å².